The molecule has 2 heterocycles. The third-order valence-corrected chi connectivity index (χ3v) is 5.32. The molecule has 0 saturated heterocycles. The number of hydrogen-bond donors (Lipinski definition) is 1. The fourth-order valence-electron chi connectivity index (χ4n) is 3.78. The zero-order chi connectivity index (χ0) is 17.1. The van der Waals surface area contributed by atoms with Crippen LogP contribution in [0.2, 0.25) is 0 Å². The average molecular weight is 336 g/mol. The molecule has 1 aromatic carbocycles. The van der Waals surface area contributed by atoms with Crippen LogP contribution in [0.3, 0.4) is 0 Å². The number of pyridine rings is 1. The molecule has 3 aromatic rings. The van der Waals surface area contributed by atoms with E-state index in [1.807, 2.05) is 41.2 Å². The van der Waals surface area contributed by atoms with E-state index in [9.17, 15) is 5.11 Å². The van der Waals surface area contributed by atoms with E-state index >= 15 is 0 Å². The molecule has 1 N–H and O–H groups in total. The summed E-state index contributed by atoms with van der Waals surface area (Å²) in [6.07, 6.45) is 8.42. The van der Waals surface area contributed by atoms with Crippen LogP contribution in [-0.2, 0) is 6.61 Å². The van der Waals surface area contributed by atoms with Crippen molar-refractivity contribution >= 4 is 5.52 Å². The van der Waals surface area contributed by atoms with E-state index in [0.717, 1.165) is 36.9 Å². The highest BCUT2D eigenvalue weighted by Crippen LogP contribution is 2.37. The van der Waals surface area contributed by atoms with Crippen LogP contribution in [0.5, 0.6) is 5.75 Å². The maximum atomic E-state index is 9.34. The molecule has 0 spiro atoms. The van der Waals surface area contributed by atoms with E-state index in [-0.39, 0.29) is 0 Å². The maximum Gasteiger partial charge on any atom is 0.123 e. The van der Waals surface area contributed by atoms with E-state index in [1.165, 1.54) is 11.1 Å². The molecule has 25 heavy (non-hydrogen) atoms. The van der Waals surface area contributed by atoms with Crippen molar-refractivity contribution in [3.8, 4) is 5.75 Å². The van der Waals surface area contributed by atoms with Gasteiger partial charge in [0.1, 0.15) is 12.4 Å². The van der Waals surface area contributed by atoms with Gasteiger partial charge in [-0.05, 0) is 49.1 Å². The van der Waals surface area contributed by atoms with Gasteiger partial charge in [0.15, 0.2) is 0 Å². The zero-order valence-corrected chi connectivity index (χ0v) is 14.3. The van der Waals surface area contributed by atoms with Gasteiger partial charge < -0.3 is 9.84 Å². The van der Waals surface area contributed by atoms with E-state index < -0.39 is 0 Å². The smallest absolute Gasteiger partial charge is 0.123 e. The summed E-state index contributed by atoms with van der Waals surface area (Å²) in [6.45, 7) is 0.890. The van der Waals surface area contributed by atoms with Crippen molar-refractivity contribution in [1.82, 2.24) is 9.61 Å². The minimum absolute atomic E-state index is 0.318. The molecule has 0 unspecified atom stereocenters. The lowest BCUT2D eigenvalue weighted by Gasteiger charge is -2.26. The van der Waals surface area contributed by atoms with Gasteiger partial charge in [-0.15, -0.1) is 0 Å². The zero-order valence-electron chi connectivity index (χ0n) is 14.3. The molecule has 1 fully saturated rings. The summed E-state index contributed by atoms with van der Waals surface area (Å²) in [5, 5.41) is 13.8. The Labute approximate surface area is 148 Å². The molecule has 0 radical (unpaired) electrons. The van der Waals surface area contributed by atoms with Gasteiger partial charge in [-0.3, -0.25) is 0 Å². The van der Waals surface area contributed by atoms with Gasteiger partial charge in [-0.2, -0.15) is 5.10 Å². The van der Waals surface area contributed by atoms with Gasteiger partial charge in [0.2, 0.25) is 0 Å². The van der Waals surface area contributed by atoms with Crippen LogP contribution in [0, 0.1) is 5.92 Å². The van der Waals surface area contributed by atoms with Crippen molar-refractivity contribution in [2.45, 2.75) is 38.2 Å². The number of hydrogen-bond acceptors (Lipinski definition) is 3. The molecule has 1 saturated carbocycles. The number of aliphatic hydroxyl groups is 1. The monoisotopic (exact) mass is 336 g/mol. The fourth-order valence-corrected chi connectivity index (χ4v) is 3.78. The molecule has 4 nitrogen and oxygen atoms in total. The first-order chi connectivity index (χ1) is 12.3. The van der Waals surface area contributed by atoms with Gasteiger partial charge in [0.25, 0.3) is 0 Å². The van der Waals surface area contributed by atoms with Gasteiger partial charge in [0, 0.05) is 24.4 Å². The molecular weight excluding hydrogens is 312 g/mol. The molecule has 0 atom stereocenters. The lowest BCUT2D eigenvalue weighted by molar-refractivity contribution is 0.182. The fraction of sp³-hybridized carbons (Fsp3) is 0.381. The lowest BCUT2D eigenvalue weighted by atomic mass is 9.79. The van der Waals surface area contributed by atoms with Gasteiger partial charge in [-0.1, -0.05) is 30.3 Å². The molecule has 2 aromatic heterocycles. The third kappa shape index (κ3) is 3.54. The van der Waals surface area contributed by atoms with Crippen LogP contribution in [0.4, 0.5) is 0 Å². The number of nitrogens with zero attached hydrogens (tertiary/aromatic N) is 2. The summed E-state index contributed by atoms with van der Waals surface area (Å²) in [4.78, 5) is 0. The molecule has 1 aliphatic rings. The third-order valence-electron chi connectivity index (χ3n) is 5.32. The maximum absolute atomic E-state index is 9.34. The van der Waals surface area contributed by atoms with Crippen molar-refractivity contribution in [1.29, 1.82) is 0 Å². The highest BCUT2D eigenvalue weighted by Gasteiger charge is 2.24. The Bertz CT molecular complexity index is 820. The topological polar surface area (TPSA) is 46.8 Å². The standard InChI is InChI=1S/C21H24N2O2/c24-14-16-6-8-18(9-7-16)20-13-22-23-11-10-19(12-21(20)23)25-15-17-4-2-1-3-5-17/h1-5,10-13,16,18,24H,6-9,14-15H2/t16-,18-. The minimum atomic E-state index is 0.318. The van der Waals surface area contributed by atoms with Crippen molar-refractivity contribution < 1.29 is 9.84 Å². The summed E-state index contributed by atoms with van der Waals surface area (Å²) >= 11 is 0. The molecule has 1 aliphatic carbocycles. The normalized spacial score (nSPS) is 20.7. The molecule has 0 amide bonds. The molecule has 4 heteroatoms. The second kappa shape index (κ2) is 7.28. The van der Waals surface area contributed by atoms with Crippen LogP contribution in [0.15, 0.2) is 54.9 Å². The number of fused-ring (bicyclic) bond motifs is 1. The van der Waals surface area contributed by atoms with Gasteiger partial charge in [0.05, 0.1) is 11.7 Å². The van der Waals surface area contributed by atoms with Gasteiger partial charge in [-0.25, -0.2) is 4.52 Å². The van der Waals surface area contributed by atoms with Crippen LogP contribution < -0.4 is 4.74 Å². The SMILES string of the molecule is OC[C@H]1CC[C@H](c2cnn3ccc(OCc4ccccc4)cc23)CC1. The highest BCUT2D eigenvalue weighted by molar-refractivity contribution is 5.58. The number of ether oxygens (including phenoxy) is 1. The Morgan fingerprint density at radius 1 is 1.08 bits per heavy atom. The highest BCUT2D eigenvalue weighted by atomic mass is 16.5. The van der Waals surface area contributed by atoms with E-state index in [2.05, 4.69) is 23.3 Å². The predicted octanol–water partition coefficient (Wildman–Crippen LogP) is 4.18. The number of benzene rings is 1. The summed E-state index contributed by atoms with van der Waals surface area (Å²) in [5.74, 6) is 1.88. The van der Waals surface area contributed by atoms with E-state index in [1.54, 1.807) is 0 Å². The van der Waals surface area contributed by atoms with E-state index in [0.29, 0.717) is 25.0 Å². The Morgan fingerprint density at radius 2 is 1.88 bits per heavy atom. The first kappa shape index (κ1) is 16.2. The first-order valence-corrected chi connectivity index (χ1v) is 9.08. The lowest BCUT2D eigenvalue weighted by Crippen LogP contribution is -2.16. The average Bonchev–Trinajstić information content (AvgIpc) is 3.10. The van der Waals surface area contributed by atoms with Crippen molar-refractivity contribution in [2.75, 3.05) is 6.61 Å². The Kier molecular flexibility index (Phi) is 4.70. The summed E-state index contributed by atoms with van der Waals surface area (Å²) in [7, 11) is 0. The molecule has 0 aliphatic heterocycles. The molecule has 4 rings (SSSR count). The van der Waals surface area contributed by atoms with Crippen LogP contribution in [-0.4, -0.2) is 21.3 Å². The van der Waals surface area contributed by atoms with Crippen molar-refractivity contribution in [3.05, 3.63) is 66.0 Å². The van der Waals surface area contributed by atoms with Crippen molar-refractivity contribution in [2.24, 2.45) is 5.92 Å². The van der Waals surface area contributed by atoms with Crippen LogP contribution in [0.25, 0.3) is 5.52 Å². The Morgan fingerprint density at radius 3 is 2.64 bits per heavy atom. The molecule has 130 valence electrons. The largest absolute Gasteiger partial charge is 0.489 e. The Hall–Kier alpha value is -2.33. The minimum Gasteiger partial charge on any atom is -0.489 e. The second-order valence-electron chi connectivity index (χ2n) is 6.97. The summed E-state index contributed by atoms with van der Waals surface area (Å²) in [6, 6.07) is 14.3. The van der Waals surface area contributed by atoms with Crippen LogP contribution in [0.1, 0.15) is 42.7 Å². The first-order valence-electron chi connectivity index (χ1n) is 9.08. The Balaban J connectivity index is 1.51. The predicted molar refractivity (Wildman–Crippen MR) is 97.8 cm³/mol. The quantitative estimate of drug-likeness (QED) is 0.760. The van der Waals surface area contributed by atoms with E-state index in [4.69, 9.17) is 4.74 Å². The van der Waals surface area contributed by atoms with Crippen molar-refractivity contribution in [3.63, 3.8) is 0 Å². The number of aromatic nitrogens is 2. The molecule has 0 bridgehead atoms. The second-order valence-corrected chi connectivity index (χ2v) is 6.97. The summed E-state index contributed by atoms with van der Waals surface area (Å²) < 4.78 is 7.91. The molecular formula is C21H24N2O2. The summed E-state index contributed by atoms with van der Waals surface area (Å²) in [5.41, 5.74) is 3.61. The number of rotatable bonds is 5. The van der Waals surface area contributed by atoms with Gasteiger partial charge >= 0.3 is 0 Å². The number of aliphatic hydroxyl groups excluding tert-OH is 1. The van der Waals surface area contributed by atoms with Crippen LogP contribution >= 0.6 is 0 Å².